The van der Waals surface area contributed by atoms with Crippen molar-refractivity contribution >= 4 is 0 Å². The SMILES string of the molecule is CCC(N)CC(C)Cc1ccccc1. The number of rotatable bonds is 5. The third-order valence-electron chi connectivity index (χ3n) is 2.66. The van der Waals surface area contributed by atoms with Crippen LogP contribution < -0.4 is 5.73 Å². The van der Waals surface area contributed by atoms with E-state index in [-0.39, 0.29) is 0 Å². The topological polar surface area (TPSA) is 26.0 Å². The highest BCUT2D eigenvalue weighted by Gasteiger charge is 2.07. The van der Waals surface area contributed by atoms with Crippen LogP contribution in [0.3, 0.4) is 0 Å². The molecule has 0 aliphatic carbocycles. The Morgan fingerprint density at radius 2 is 1.86 bits per heavy atom. The summed E-state index contributed by atoms with van der Waals surface area (Å²) in [5.41, 5.74) is 7.35. The zero-order valence-corrected chi connectivity index (χ0v) is 9.24. The van der Waals surface area contributed by atoms with Gasteiger partial charge in [0.25, 0.3) is 0 Å². The molecule has 1 nitrogen and oxygen atoms in total. The number of nitrogens with two attached hydrogens (primary N) is 1. The predicted octanol–water partition coefficient (Wildman–Crippen LogP) is 2.99. The molecular weight excluding hydrogens is 170 g/mol. The summed E-state index contributed by atoms with van der Waals surface area (Å²) in [6.45, 7) is 4.43. The fourth-order valence-corrected chi connectivity index (χ4v) is 1.78. The van der Waals surface area contributed by atoms with Crippen LogP contribution in [0.5, 0.6) is 0 Å². The highest BCUT2D eigenvalue weighted by atomic mass is 14.6. The first-order valence-corrected chi connectivity index (χ1v) is 5.52. The zero-order chi connectivity index (χ0) is 10.4. The Labute approximate surface area is 87.3 Å². The second kappa shape index (κ2) is 5.82. The van der Waals surface area contributed by atoms with Gasteiger partial charge < -0.3 is 5.73 Å². The summed E-state index contributed by atoms with van der Waals surface area (Å²) in [5, 5.41) is 0. The summed E-state index contributed by atoms with van der Waals surface area (Å²) >= 11 is 0. The van der Waals surface area contributed by atoms with Gasteiger partial charge in [0.1, 0.15) is 0 Å². The first-order chi connectivity index (χ1) is 6.72. The quantitative estimate of drug-likeness (QED) is 0.760. The molecule has 0 aliphatic heterocycles. The van der Waals surface area contributed by atoms with Crippen LogP contribution in [0.4, 0.5) is 0 Å². The molecule has 78 valence electrons. The summed E-state index contributed by atoms with van der Waals surface area (Å²) in [6.07, 6.45) is 3.36. The first-order valence-electron chi connectivity index (χ1n) is 5.52. The van der Waals surface area contributed by atoms with Crippen molar-refractivity contribution in [2.24, 2.45) is 11.7 Å². The van der Waals surface area contributed by atoms with Crippen molar-refractivity contribution in [1.29, 1.82) is 0 Å². The first kappa shape index (κ1) is 11.3. The molecule has 0 bridgehead atoms. The van der Waals surface area contributed by atoms with Gasteiger partial charge in [-0.2, -0.15) is 0 Å². The fourth-order valence-electron chi connectivity index (χ4n) is 1.78. The van der Waals surface area contributed by atoms with Crippen molar-refractivity contribution in [3.63, 3.8) is 0 Å². The maximum atomic E-state index is 5.93. The van der Waals surface area contributed by atoms with Gasteiger partial charge in [-0.15, -0.1) is 0 Å². The van der Waals surface area contributed by atoms with E-state index < -0.39 is 0 Å². The lowest BCUT2D eigenvalue weighted by Crippen LogP contribution is -2.22. The lowest BCUT2D eigenvalue weighted by Gasteiger charge is -2.15. The van der Waals surface area contributed by atoms with Crippen LogP contribution in [-0.2, 0) is 6.42 Å². The summed E-state index contributed by atoms with van der Waals surface area (Å²) in [6, 6.07) is 11.0. The van der Waals surface area contributed by atoms with Crippen LogP contribution in [0.15, 0.2) is 30.3 Å². The van der Waals surface area contributed by atoms with Crippen molar-refractivity contribution in [2.75, 3.05) is 0 Å². The molecule has 1 heteroatoms. The van der Waals surface area contributed by atoms with Crippen LogP contribution in [0, 0.1) is 5.92 Å². The molecule has 0 spiro atoms. The zero-order valence-electron chi connectivity index (χ0n) is 9.24. The van der Waals surface area contributed by atoms with E-state index in [9.17, 15) is 0 Å². The van der Waals surface area contributed by atoms with Gasteiger partial charge >= 0.3 is 0 Å². The van der Waals surface area contributed by atoms with Crippen LogP contribution in [0.2, 0.25) is 0 Å². The van der Waals surface area contributed by atoms with Gasteiger partial charge in [0.15, 0.2) is 0 Å². The lowest BCUT2D eigenvalue weighted by atomic mass is 9.94. The summed E-state index contributed by atoms with van der Waals surface area (Å²) in [7, 11) is 0. The van der Waals surface area contributed by atoms with Crippen molar-refractivity contribution in [1.82, 2.24) is 0 Å². The number of hydrogen-bond acceptors (Lipinski definition) is 1. The Kier molecular flexibility index (Phi) is 4.68. The molecule has 2 N–H and O–H groups in total. The van der Waals surface area contributed by atoms with Gasteiger partial charge in [-0.3, -0.25) is 0 Å². The minimum absolute atomic E-state index is 0.369. The Morgan fingerprint density at radius 1 is 1.21 bits per heavy atom. The van der Waals surface area contributed by atoms with E-state index in [0.717, 1.165) is 19.3 Å². The van der Waals surface area contributed by atoms with Gasteiger partial charge in [0.2, 0.25) is 0 Å². The van der Waals surface area contributed by atoms with Crippen LogP contribution in [0.1, 0.15) is 32.3 Å². The monoisotopic (exact) mass is 191 g/mol. The third kappa shape index (κ3) is 3.93. The Morgan fingerprint density at radius 3 is 2.43 bits per heavy atom. The minimum Gasteiger partial charge on any atom is -0.328 e. The van der Waals surface area contributed by atoms with Gasteiger partial charge in [-0.05, 0) is 30.7 Å². The van der Waals surface area contributed by atoms with Crippen molar-refractivity contribution in [3.8, 4) is 0 Å². The predicted molar refractivity (Wildman–Crippen MR) is 62.2 cm³/mol. The molecule has 0 amide bonds. The molecule has 0 radical (unpaired) electrons. The van der Waals surface area contributed by atoms with Gasteiger partial charge in [0.05, 0.1) is 0 Å². The van der Waals surface area contributed by atoms with E-state index in [0.29, 0.717) is 12.0 Å². The molecule has 0 saturated heterocycles. The van der Waals surface area contributed by atoms with E-state index in [4.69, 9.17) is 5.73 Å². The standard InChI is InChI=1S/C13H21N/c1-3-13(14)10-11(2)9-12-7-5-4-6-8-12/h4-8,11,13H,3,9-10,14H2,1-2H3. The average Bonchev–Trinajstić information content (AvgIpc) is 2.19. The highest BCUT2D eigenvalue weighted by molar-refractivity contribution is 5.15. The molecule has 2 atom stereocenters. The smallest absolute Gasteiger partial charge is 0.00388 e. The number of hydrogen-bond donors (Lipinski definition) is 1. The molecule has 1 rings (SSSR count). The van der Waals surface area contributed by atoms with E-state index in [1.807, 2.05) is 0 Å². The maximum Gasteiger partial charge on any atom is 0.00388 e. The van der Waals surface area contributed by atoms with Gasteiger partial charge in [0, 0.05) is 6.04 Å². The molecule has 1 aromatic carbocycles. The molecule has 0 aromatic heterocycles. The largest absolute Gasteiger partial charge is 0.328 e. The molecule has 14 heavy (non-hydrogen) atoms. The van der Waals surface area contributed by atoms with Gasteiger partial charge in [-0.25, -0.2) is 0 Å². The fraction of sp³-hybridized carbons (Fsp3) is 0.538. The van der Waals surface area contributed by atoms with Crippen LogP contribution in [0.25, 0.3) is 0 Å². The number of benzene rings is 1. The molecule has 2 unspecified atom stereocenters. The van der Waals surface area contributed by atoms with Crippen molar-refractivity contribution < 1.29 is 0 Å². The Bertz CT molecular complexity index is 243. The lowest BCUT2D eigenvalue weighted by molar-refractivity contribution is 0.453. The maximum absolute atomic E-state index is 5.93. The summed E-state index contributed by atoms with van der Waals surface area (Å²) in [4.78, 5) is 0. The van der Waals surface area contributed by atoms with E-state index in [1.165, 1.54) is 5.56 Å². The van der Waals surface area contributed by atoms with Crippen molar-refractivity contribution in [3.05, 3.63) is 35.9 Å². The molecule has 0 fully saturated rings. The molecule has 0 aliphatic rings. The summed E-state index contributed by atoms with van der Waals surface area (Å²) in [5.74, 6) is 0.687. The average molecular weight is 191 g/mol. The molecule has 0 saturated carbocycles. The Hall–Kier alpha value is -0.820. The minimum atomic E-state index is 0.369. The van der Waals surface area contributed by atoms with Crippen LogP contribution in [-0.4, -0.2) is 6.04 Å². The normalized spacial score (nSPS) is 15.1. The third-order valence-corrected chi connectivity index (χ3v) is 2.66. The second-order valence-corrected chi connectivity index (χ2v) is 4.20. The van der Waals surface area contributed by atoms with Gasteiger partial charge in [-0.1, -0.05) is 44.2 Å². The van der Waals surface area contributed by atoms with Crippen molar-refractivity contribution in [2.45, 2.75) is 39.2 Å². The highest BCUT2D eigenvalue weighted by Crippen LogP contribution is 2.13. The second-order valence-electron chi connectivity index (χ2n) is 4.20. The summed E-state index contributed by atoms with van der Waals surface area (Å²) < 4.78 is 0. The molecular formula is C13H21N. The van der Waals surface area contributed by atoms with E-state index >= 15 is 0 Å². The molecule has 0 heterocycles. The van der Waals surface area contributed by atoms with E-state index in [2.05, 4.69) is 44.2 Å². The Balaban J connectivity index is 2.37. The van der Waals surface area contributed by atoms with Crippen LogP contribution >= 0.6 is 0 Å². The van der Waals surface area contributed by atoms with E-state index in [1.54, 1.807) is 0 Å². The molecule has 1 aromatic rings.